The van der Waals surface area contributed by atoms with Gasteiger partial charge in [0.15, 0.2) is 0 Å². The second-order valence-electron chi connectivity index (χ2n) is 3.96. The zero-order valence-electron chi connectivity index (χ0n) is 9.57. The molecule has 1 radical (unpaired) electrons. The molecular weight excluding hydrogens is 196 g/mol. The van der Waals surface area contributed by atoms with Crippen molar-refractivity contribution in [3.05, 3.63) is 48.5 Å². The fraction of sp³-hybridized carbons (Fsp3) is 0.143. The van der Waals surface area contributed by atoms with Crippen molar-refractivity contribution in [1.29, 1.82) is 0 Å². The molecule has 0 amide bonds. The molecule has 0 unspecified atom stereocenters. The molecule has 0 bridgehead atoms. The van der Waals surface area contributed by atoms with Crippen molar-refractivity contribution >= 4 is 11.4 Å². The van der Waals surface area contributed by atoms with Gasteiger partial charge in [-0.1, -0.05) is 24.3 Å². The fourth-order valence-corrected chi connectivity index (χ4v) is 1.70. The second-order valence-corrected chi connectivity index (χ2v) is 3.96. The van der Waals surface area contributed by atoms with Crippen molar-refractivity contribution in [2.45, 2.75) is 0 Å². The maximum absolute atomic E-state index is 5.69. The topological polar surface area (TPSA) is 29.3 Å². The van der Waals surface area contributed by atoms with E-state index in [9.17, 15) is 0 Å². The molecule has 0 aliphatic heterocycles. The maximum Gasteiger partial charge on any atom is 0.0446 e. The lowest BCUT2D eigenvalue weighted by molar-refractivity contribution is 1.13. The maximum atomic E-state index is 5.69. The molecule has 2 N–H and O–H groups in total. The number of nitrogens with two attached hydrogens (primary N) is 1. The van der Waals surface area contributed by atoms with Crippen molar-refractivity contribution in [3.63, 3.8) is 0 Å². The minimum atomic E-state index is 0.789. The largest absolute Gasteiger partial charge is 0.399 e. The summed E-state index contributed by atoms with van der Waals surface area (Å²) in [5.41, 5.74) is 10.0. The lowest BCUT2D eigenvalue weighted by Gasteiger charge is -2.17. The van der Waals surface area contributed by atoms with E-state index in [2.05, 4.69) is 17.0 Å². The molecule has 2 aromatic rings. The molecular formula is C14H15N2. The van der Waals surface area contributed by atoms with E-state index >= 15 is 0 Å². The normalized spacial score (nSPS) is 10.1. The number of rotatable bonds is 2. The van der Waals surface area contributed by atoms with Gasteiger partial charge in [-0.25, -0.2) is 0 Å². The molecule has 2 rings (SSSR count). The molecule has 2 aromatic carbocycles. The molecule has 0 aromatic heterocycles. The van der Waals surface area contributed by atoms with Crippen LogP contribution in [-0.4, -0.2) is 14.1 Å². The van der Waals surface area contributed by atoms with E-state index in [1.54, 1.807) is 0 Å². The molecule has 81 valence electrons. The molecule has 16 heavy (non-hydrogen) atoms. The summed E-state index contributed by atoms with van der Waals surface area (Å²) in [7, 11) is 4.06. The highest BCUT2D eigenvalue weighted by atomic mass is 15.1. The number of benzene rings is 2. The van der Waals surface area contributed by atoms with Gasteiger partial charge in [-0.3, -0.25) is 0 Å². The average molecular weight is 211 g/mol. The van der Waals surface area contributed by atoms with Crippen molar-refractivity contribution in [2.24, 2.45) is 0 Å². The molecule has 0 spiro atoms. The van der Waals surface area contributed by atoms with Gasteiger partial charge < -0.3 is 10.6 Å². The van der Waals surface area contributed by atoms with Crippen LogP contribution in [0.3, 0.4) is 0 Å². The quantitative estimate of drug-likeness (QED) is 0.774. The molecule has 2 heteroatoms. The SMILES string of the molecule is CN(C)c1c[c]ccc1-c1ccc(N)cc1. The zero-order valence-corrected chi connectivity index (χ0v) is 9.57. The molecule has 0 saturated heterocycles. The summed E-state index contributed by atoms with van der Waals surface area (Å²) in [6.45, 7) is 0. The Kier molecular flexibility index (Phi) is 2.82. The third-order valence-corrected chi connectivity index (χ3v) is 2.55. The third-order valence-electron chi connectivity index (χ3n) is 2.55. The lowest BCUT2D eigenvalue weighted by Crippen LogP contribution is -2.09. The molecule has 0 fully saturated rings. The third kappa shape index (κ3) is 2.01. The van der Waals surface area contributed by atoms with E-state index in [0.717, 1.165) is 11.4 Å². The minimum absolute atomic E-state index is 0.789. The molecule has 0 heterocycles. The van der Waals surface area contributed by atoms with Crippen LogP contribution in [0, 0.1) is 6.07 Å². The number of nitrogens with zero attached hydrogens (tertiary/aromatic N) is 1. The summed E-state index contributed by atoms with van der Waals surface area (Å²) in [5.74, 6) is 0. The van der Waals surface area contributed by atoms with Gasteiger partial charge in [-0.05, 0) is 29.8 Å². The van der Waals surface area contributed by atoms with E-state index in [-0.39, 0.29) is 0 Å². The highest BCUT2D eigenvalue weighted by molar-refractivity contribution is 5.78. The van der Waals surface area contributed by atoms with Gasteiger partial charge in [0, 0.05) is 31.0 Å². The average Bonchev–Trinajstić information content (AvgIpc) is 2.30. The monoisotopic (exact) mass is 211 g/mol. The Morgan fingerprint density at radius 1 is 1.06 bits per heavy atom. The van der Waals surface area contributed by atoms with Crippen molar-refractivity contribution < 1.29 is 0 Å². The van der Waals surface area contributed by atoms with E-state index in [0.29, 0.717) is 0 Å². The summed E-state index contributed by atoms with van der Waals surface area (Å²) in [6.07, 6.45) is 0. The van der Waals surface area contributed by atoms with Crippen molar-refractivity contribution in [1.82, 2.24) is 0 Å². The number of hydrogen-bond donors (Lipinski definition) is 1. The first-order valence-electron chi connectivity index (χ1n) is 5.22. The van der Waals surface area contributed by atoms with E-state index in [1.165, 1.54) is 11.1 Å². The van der Waals surface area contributed by atoms with Crippen LogP contribution in [0.15, 0.2) is 42.5 Å². The highest BCUT2D eigenvalue weighted by Gasteiger charge is 2.05. The molecule has 0 aliphatic carbocycles. The van der Waals surface area contributed by atoms with Crippen LogP contribution in [0.4, 0.5) is 11.4 Å². The summed E-state index contributed by atoms with van der Waals surface area (Å²) in [5, 5.41) is 0. The van der Waals surface area contributed by atoms with Crippen LogP contribution >= 0.6 is 0 Å². The minimum Gasteiger partial charge on any atom is -0.399 e. The predicted molar refractivity (Wildman–Crippen MR) is 69.5 cm³/mol. The van der Waals surface area contributed by atoms with E-state index < -0.39 is 0 Å². The van der Waals surface area contributed by atoms with E-state index in [4.69, 9.17) is 5.73 Å². The Bertz CT molecular complexity index is 472. The summed E-state index contributed by atoms with van der Waals surface area (Å²) < 4.78 is 0. The lowest BCUT2D eigenvalue weighted by atomic mass is 10.0. The van der Waals surface area contributed by atoms with Crippen LogP contribution in [-0.2, 0) is 0 Å². The Labute approximate surface area is 96.3 Å². The van der Waals surface area contributed by atoms with Crippen LogP contribution in [0.2, 0.25) is 0 Å². The van der Waals surface area contributed by atoms with Crippen LogP contribution in [0.25, 0.3) is 11.1 Å². The summed E-state index contributed by atoms with van der Waals surface area (Å²) in [4.78, 5) is 2.09. The Morgan fingerprint density at radius 2 is 1.75 bits per heavy atom. The first kappa shape index (κ1) is 10.6. The second kappa shape index (κ2) is 4.27. The van der Waals surface area contributed by atoms with Gasteiger partial charge in [0.1, 0.15) is 0 Å². The van der Waals surface area contributed by atoms with Crippen LogP contribution in [0.5, 0.6) is 0 Å². The van der Waals surface area contributed by atoms with Crippen molar-refractivity contribution in [3.8, 4) is 11.1 Å². The Balaban J connectivity index is 2.51. The van der Waals surface area contributed by atoms with Crippen LogP contribution in [0.1, 0.15) is 0 Å². The molecule has 0 saturated carbocycles. The first-order chi connectivity index (χ1) is 7.68. The molecule has 2 nitrogen and oxygen atoms in total. The van der Waals surface area contributed by atoms with Gasteiger partial charge in [-0.15, -0.1) is 0 Å². The Hall–Kier alpha value is -1.96. The molecule has 0 atom stereocenters. The fourth-order valence-electron chi connectivity index (χ4n) is 1.70. The van der Waals surface area contributed by atoms with Crippen molar-refractivity contribution in [2.75, 3.05) is 24.7 Å². The smallest absolute Gasteiger partial charge is 0.0446 e. The Morgan fingerprint density at radius 3 is 2.38 bits per heavy atom. The van der Waals surface area contributed by atoms with Gasteiger partial charge in [0.2, 0.25) is 0 Å². The zero-order chi connectivity index (χ0) is 11.5. The summed E-state index contributed by atoms with van der Waals surface area (Å²) >= 11 is 0. The first-order valence-corrected chi connectivity index (χ1v) is 5.22. The standard InChI is InChI=1S/C14H15N2/c1-16(2)14-6-4-3-5-13(14)11-7-9-12(15)10-8-11/h3,5-10H,15H2,1-2H3. The highest BCUT2D eigenvalue weighted by Crippen LogP contribution is 2.29. The summed E-state index contributed by atoms with van der Waals surface area (Å²) in [6, 6.07) is 17.0. The predicted octanol–water partition coefficient (Wildman–Crippen LogP) is 2.80. The van der Waals surface area contributed by atoms with E-state index in [1.807, 2.05) is 50.5 Å². The number of anilines is 2. The van der Waals surface area contributed by atoms with Gasteiger partial charge in [0.25, 0.3) is 0 Å². The van der Waals surface area contributed by atoms with Gasteiger partial charge >= 0.3 is 0 Å². The molecule has 0 aliphatic rings. The van der Waals surface area contributed by atoms with Gasteiger partial charge in [-0.2, -0.15) is 0 Å². The van der Waals surface area contributed by atoms with Gasteiger partial charge in [0.05, 0.1) is 0 Å². The van der Waals surface area contributed by atoms with Crippen LogP contribution < -0.4 is 10.6 Å². The number of hydrogen-bond acceptors (Lipinski definition) is 2. The number of nitrogen functional groups attached to an aromatic ring is 1.